The Balaban J connectivity index is 3.20. The summed E-state index contributed by atoms with van der Waals surface area (Å²) in [4.78, 5) is 5.09. The lowest BCUT2D eigenvalue weighted by Gasteiger charge is -2.37. The fourth-order valence-electron chi connectivity index (χ4n) is 1.71. The van der Waals surface area contributed by atoms with Crippen LogP contribution in [0.2, 0.25) is 0 Å². The van der Waals surface area contributed by atoms with Crippen molar-refractivity contribution >= 4 is 11.4 Å². The number of aromatic nitrogens is 1. The summed E-state index contributed by atoms with van der Waals surface area (Å²) < 4.78 is 38.0. The zero-order chi connectivity index (χ0) is 15.0. The van der Waals surface area contributed by atoms with Crippen molar-refractivity contribution < 1.29 is 13.2 Å². The number of nitrogens with zero attached hydrogens (tertiary/aromatic N) is 2. The molecule has 0 amide bonds. The van der Waals surface area contributed by atoms with E-state index < -0.39 is 11.9 Å². The molecule has 0 aliphatic rings. The Hall–Kier alpha value is -1.46. The van der Waals surface area contributed by atoms with Crippen LogP contribution in [0.1, 0.15) is 33.4 Å². The molecule has 1 heterocycles. The Bertz CT molecular complexity index is 449. The molecule has 2 N–H and O–H groups in total. The maximum absolute atomic E-state index is 12.7. The van der Waals surface area contributed by atoms with Gasteiger partial charge in [0.2, 0.25) is 0 Å². The molecule has 0 saturated heterocycles. The molecule has 0 spiro atoms. The van der Waals surface area contributed by atoms with Crippen molar-refractivity contribution in [3.63, 3.8) is 0 Å². The first-order valence-electron chi connectivity index (χ1n) is 6.00. The number of anilines is 2. The molecular weight excluding hydrogens is 255 g/mol. The molecule has 1 unspecified atom stereocenters. The van der Waals surface area contributed by atoms with Crippen LogP contribution in [-0.4, -0.2) is 18.1 Å². The second kappa shape index (κ2) is 4.90. The van der Waals surface area contributed by atoms with Crippen molar-refractivity contribution in [3.8, 4) is 0 Å². The van der Waals surface area contributed by atoms with Gasteiger partial charge in [0.05, 0.1) is 17.6 Å². The molecule has 1 aromatic heterocycles. The van der Waals surface area contributed by atoms with E-state index >= 15 is 0 Å². The van der Waals surface area contributed by atoms with Gasteiger partial charge in [0.25, 0.3) is 0 Å². The van der Waals surface area contributed by atoms with Gasteiger partial charge in [0.1, 0.15) is 5.69 Å². The maximum Gasteiger partial charge on any atom is 0.433 e. The molecule has 0 saturated carbocycles. The van der Waals surface area contributed by atoms with Crippen molar-refractivity contribution in [3.05, 3.63) is 18.0 Å². The van der Waals surface area contributed by atoms with E-state index in [1.807, 2.05) is 27.7 Å². The van der Waals surface area contributed by atoms with Crippen LogP contribution >= 0.6 is 0 Å². The predicted octanol–water partition coefficient (Wildman–Crippen LogP) is 3.55. The largest absolute Gasteiger partial charge is 0.433 e. The second-order valence-electron chi connectivity index (χ2n) is 5.78. The van der Waals surface area contributed by atoms with E-state index in [9.17, 15) is 13.2 Å². The van der Waals surface area contributed by atoms with Gasteiger partial charge in [-0.05, 0) is 18.4 Å². The lowest BCUT2D eigenvalue weighted by Crippen LogP contribution is -2.39. The molecule has 3 nitrogen and oxygen atoms in total. The average Bonchev–Trinajstić information content (AvgIpc) is 2.25. The highest BCUT2D eigenvalue weighted by molar-refractivity contribution is 5.67. The van der Waals surface area contributed by atoms with Crippen LogP contribution in [0, 0.1) is 5.41 Å². The van der Waals surface area contributed by atoms with Crippen molar-refractivity contribution in [2.45, 2.75) is 39.9 Å². The highest BCUT2D eigenvalue weighted by atomic mass is 19.4. The van der Waals surface area contributed by atoms with E-state index in [0.29, 0.717) is 5.69 Å². The molecule has 0 aliphatic heterocycles. The third-order valence-corrected chi connectivity index (χ3v) is 3.42. The van der Waals surface area contributed by atoms with E-state index in [2.05, 4.69) is 4.98 Å². The number of hydrogen-bond donors (Lipinski definition) is 1. The number of nitrogen functional groups attached to an aromatic ring is 1. The SMILES string of the molecule is CC(N(C)c1cc(C(F)(F)F)ncc1N)C(C)(C)C. The summed E-state index contributed by atoms with van der Waals surface area (Å²) in [5.41, 5.74) is 5.33. The Morgan fingerprint density at radius 3 is 2.21 bits per heavy atom. The predicted molar refractivity (Wildman–Crippen MR) is 71.0 cm³/mol. The first kappa shape index (κ1) is 15.6. The van der Waals surface area contributed by atoms with E-state index in [1.54, 1.807) is 11.9 Å². The molecule has 19 heavy (non-hydrogen) atoms. The molecule has 0 radical (unpaired) electrons. The van der Waals surface area contributed by atoms with Gasteiger partial charge >= 0.3 is 6.18 Å². The summed E-state index contributed by atoms with van der Waals surface area (Å²) in [6.07, 6.45) is -3.40. The number of pyridine rings is 1. The van der Waals surface area contributed by atoms with Gasteiger partial charge in [-0.25, -0.2) is 4.98 Å². The molecule has 1 rings (SSSR count). The van der Waals surface area contributed by atoms with Crippen LogP contribution in [0.5, 0.6) is 0 Å². The summed E-state index contributed by atoms with van der Waals surface area (Å²) >= 11 is 0. The Morgan fingerprint density at radius 2 is 1.79 bits per heavy atom. The monoisotopic (exact) mass is 275 g/mol. The lowest BCUT2D eigenvalue weighted by atomic mass is 9.87. The zero-order valence-electron chi connectivity index (χ0n) is 11.8. The average molecular weight is 275 g/mol. The van der Waals surface area contributed by atoms with Crippen LogP contribution in [-0.2, 0) is 6.18 Å². The van der Waals surface area contributed by atoms with E-state index in [0.717, 1.165) is 12.3 Å². The fourth-order valence-corrected chi connectivity index (χ4v) is 1.71. The summed E-state index contributed by atoms with van der Waals surface area (Å²) in [6.45, 7) is 8.02. The van der Waals surface area contributed by atoms with Crippen molar-refractivity contribution in [1.29, 1.82) is 0 Å². The van der Waals surface area contributed by atoms with Crippen LogP contribution in [0.3, 0.4) is 0 Å². The third kappa shape index (κ3) is 3.52. The molecule has 1 aromatic rings. The highest BCUT2D eigenvalue weighted by Crippen LogP contribution is 2.35. The molecule has 0 bridgehead atoms. The molecular formula is C13H20F3N3. The number of alkyl halides is 3. The quantitative estimate of drug-likeness (QED) is 0.897. The standard InChI is InChI=1S/C13H20F3N3/c1-8(12(2,3)4)19(5)10-6-11(13(14,15)16)18-7-9(10)17/h6-8H,17H2,1-5H3. The van der Waals surface area contributed by atoms with Gasteiger partial charge in [-0.15, -0.1) is 0 Å². The zero-order valence-corrected chi connectivity index (χ0v) is 11.8. The first-order valence-corrected chi connectivity index (χ1v) is 6.00. The topological polar surface area (TPSA) is 42.2 Å². The summed E-state index contributed by atoms with van der Waals surface area (Å²) in [7, 11) is 1.74. The third-order valence-electron chi connectivity index (χ3n) is 3.42. The maximum atomic E-state index is 12.7. The molecule has 0 aliphatic carbocycles. The van der Waals surface area contributed by atoms with Gasteiger partial charge in [-0.1, -0.05) is 20.8 Å². The number of halogens is 3. The molecule has 108 valence electrons. The molecule has 6 heteroatoms. The van der Waals surface area contributed by atoms with Gasteiger partial charge in [-0.2, -0.15) is 13.2 Å². The minimum absolute atomic E-state index is 0.0262. The van der Waals surface area contributed by atoms with Crippen LogP contribution in [0.25, 0.3) is 0 Å². The summed E-state index contributed by atoms with van der Waals surface area (Å²) in [6, 6.07) is 1.02. The minimum Gasteiger partial charge on any atom is -0.396 e. The van der Waals surface area contributed by atoms with Gasteiger partial charge in [-0.3, -0.25) is 0 Å². The van der Waals surface area contributed by atoms with E-state index in [-0.39, 0.29) is 17.1 Å². The normalized spacial score (nSPS) is 14.3. The molecule has 0 aromatic carbocycles. The van der Waals surface area contributed by atoms with Crippen molar-refractivity contribution in [2.75, 3.05) is 17.7 Å². The van der Waals surface area contributed by atoms with Crippen molar-refractivity contribution in [1.82, 2.24) is 4.98 Å². The number of hydrogen-bond acceptors (Lipinski definition) is 3. The number of rotatable bonds is 2. The second-order valence-corrected chi connectivity index (χ2v) is 5.78. The first-order chi connectivity index (χ1) is 8.44. The number of nitrogens with two attached hydrogens (primary N) is 1. The Labute approximate surface area is 111 Å². The molecule has 1 atom stereocenters. The Kier molecular flexibility index (Phi) is 4.03. The van der Waals surface area contributed by atoms with Crippen LogP contribution < -0.4 is 10.6 Å². The summed E-state index contributed by atoms with van der Waals surface area (Å²) in [5, 5.41) is 0. The fraction of sp³-hybridized carbons (Fsp3) is 0.615. The van der Waals surface area contributed by atoms with Crippen molar-refractivity contribution in [2.24, 2.45) is 5.41 Å². The smallest absolute Gasteiger partial charge is 0.396 e. The molecule has 0 fully saturated rings. The van der Waals surface area contributed by atoms with E-state index in [4.69, 9.17) is 5.73 Å². The summed E-state index contributed by atoms with van der Waals surface area (Å²) in [5.74, 6) is 0. The van der Waals surface area contributed by atoms with Gasteiger partial charge in [0, 0.05) is 13.1 Å². The van der Waals surface area contributed by atoms with Crippen LogP contribution in [0.15, 0.2) is 12.3 Å². The lowest BCUT2D eigenvalue weighted by molar-refractivity contribution is -0.141. The minimum atomic E-state index is -4.46. The van der Waals surface area contributed by atoms with Gasteiger partial charge in [0.15, 0.2) is 0 Å². The van der Waals surface area contributed by atoms with E-state index in [1.165, 1.54) is 0 Å². The van der Waals surface area contributed by atoms with Gasteiger partial charge < -0.3 is 10.6 Å². The van der Waals surface area contributed by atoms with Crippen LogP contribution in [0.4, 0.5) is 24.5 Å². The highest BCUT2D eigenvalue weighted by Gasteiger charge is 2.34. The Morgan fingerprint density at radius 1 is 1.26 bits per heavy atom.